The van der Waals surface area contributed by atoms with Gasteiger partial charge in [-0.2, -0.15) is 0 Å². The van der Waals surface area contributed by atoms with E-state index in [0.29, 0.717) is 5.58 Å². The first-order valence-electron chi connectivity index (χ1n) is 6.51. The largest absolute Gasteiger partial charge is 0.453 e. The molecule has 0 aliphatic heterocycles. The van der Waals surface area contributed by atoms with E-state index < -0.39 is 17.4 Å². The lowest BCUT2D eigenvalue weighted by Gasteiger charge is -2.02. The molecule has 0 saturated carbocycles. The van der Waals surface area contributed by atoms with Crippen molar-refractivity contribution < 1.29 is 18.0 Å². The third-order valence-corrected chi connectivity index (χ3v) is 3.35. The number of Topliss-reactive ketones (excluding diaryl/α,β-unsaturated/α-hetero) is 1. The molecule has 0 saturated heterocycles. The molecule has 1 heterocycles. The van der Waals surface area contributed by atoms with Crippen molar-refractivity contribution >= 4 is 16.8 Å². The molecule has 1 aromatic heterocycles. The number of furan rings is 1. The predicted octanol–water partition coefficient (Wildman–Crippen LogP) is 4.44. The Balaban J connectivity index is 1.94. The van der Waals surface area contributed by atoms with Gasteiger partial charge in [0.1, 0.15) is 17.2 Å². The molecule has 4 heteroatoms. The summed E-state index contributed by atoms with van der Waals surface area (Å²) in [6.07, 6.45) is -0.364. The number of rotatable bonds is 3. The second-order valence-electron chi connectivity index (χ2n) is 4.95. The van der Waals surface area contributed by atoms with E-state index in [1.54, 1.807) is 12.1 Å². The van der Waals surface area contributed by atoms with Gasteiger partial charge >= 0.3 is 0 Å². The van der Waals surface area contributed by atoms with Crippen molar-refractivity contribution in [2.45, 2.75) is 13.3 Å². The normalized spacial score (nSPS) is 11.0. The fourth-order valence-electron chi connectivity index (χ4n) is 2.25. The molecule has 0 unspecified atom stereocenters. The zero-order valence-electron chi connectivity index (χ0n) is 11.3. The van der Waals surface area contributed by atoms with Crippen LogP contribution in [0.5, 0.6) is 0 Å². The van der Waals surface area contributed by atoms with Gasteiger partial charge in [-0.1, -0.05) is 17.7 Å². The predicted molar refractivity (Wildman–Crippen MR) is 75.3 cm³/mol. The molecule has 0 radical (unpaired) electrons. The summed E-state index contributed by atoms with van der Waals surface area (Å²) in [7, 11) is 0. The lowest BCUT2D eigenvalue weighted by molar-refractivity contribution is 0.0966. The van der Waals surface area contributed by atoms with Crippen LogP contribution in [0.2, 0.25) is 0 Å². The summed E-state index contributed by atoms with van der Waals surface area (Å²) in [6.45, 7) is 1.93. The Morgan fingerprint density at radius 1 is 1.10 bits per heavy atom. The fourth-order valence-corrected chi connectivity index (χ4v) is 2.25. The van der Waals surface area contributed by atoms with Gasteiger partial charge in [0.05, 0.1) is 0 Å². The Hall–Kier alpha value is -2.49. The highest BCUT2D eigenvalue weighted by Gasteiger charge is 2.17. The van der Waals surface area contributed by atoms with E-state index in [0.717, 1.165) is 23.1 Å². The Labute approximate surface area is 120 Å². The highest BCUT2D eigenvalue weighted by Crippen LogP contribution is 2.22. The molecular weight excluding hydrogens is 274 g/mol. The topological polar surface area (TPSA) is 30.2 Å². The summed E-state index contributed by atoms with van der Waals surface area (Å²) in [5.74, 6) is -1.79. The van der Waals surface area contributed by atoms with Gasteiger partial charge in [0, 0.05) is 17.4 Å². The molecule has 0 bridgehead atoms. The number of aryl methyl sites for hydroxylation is 1. The molecule has 21 heavy (non-hydrogen) atoms. The van der Waals surface area contributed by atoms with Gasteiger partial charge in [-0.25, -0.2) is 8.78 Å². The standard InChI is InChI=1S/C17H12F2O2/c1-10-5-6-16-11(7-10)8-17(21-16)15(20)9-12-13(18)3-2-4-14(12)19/h2-8H,9H2,1H3. The summed E-state index contributed by atoms with van der Waals surface area (Å²) in [5.41, 5.74) is 1.39. The van der Waals surface area contributed by atoms with E-state index in [4.69, 9.17) is 4.42 Å². The molecule has 0 aliphatic rings. The SMILES string of the molecule is Cc1ccc2oc(C(=O)Cc3c(F)cccc3F)cc2c1. The Bertz CT molecular complexity index is 814. The zero-order valence-corrected chi connectivity index (χ0v) is 11.3. The van der Waals surface area contributed by atoms with E-state index in [2.05, 4.69) is 0 Å². The van der Waals surface area contributed by atoms with Crippen LogP contribution in [-0.4, -0.2) is 5.78 Å². The Morgan fingerprint density at radius 2 is 1.81 bits per heavy atom. The van der Waals surface area contributed by atoms with Crippen molar-refractivity contribution in [2.75, 3.05) is 0 Å². The first-order chi connectivity index (χ1) is 10.0. The van der Waals surface area contributed by atoms with Gasteiger partial charge in [0.2, 0.25) is 5.78 Å². The summed E-state index contributed by atoms with van der Waals surface area (Å²) in [5, 5.41) is 0.798. The zero-order chi connectivity index (χ0) is 15.0. The van der Waals surface area contributed by atoms with Crippen LogP contribution in [0.1, 0.15) is 21.7 Å². The van der Waals surface area contributed by atoms with Crippen LogP contribution in [0.4, 0.5) is 8.78 Å². The van der Waals surface area contributed by atoms with Gasteiger partial charge in [0.25, 0.3) is 0 Å². The quantitative estimate of drug-likeness (QED) is 0.666. The van der Waals surface area contributed by atoms with Crippen molar-refractivity contribution in [1.82, 2.24) is 0 Å². The summed E-state index contributed by atoms with van der Waals surface area (Å²) >= 11 is 0. The fraction of sp³-hybridized carbons (Fsp3) is 0.118. The van der Waals surface area contributed by atoms with Crippen molar-refractivity contribution in [2.24, 2.45) is 0 Å². The smallest absolute Gasteiger partial charge is 0.202 e. The lowest BCUT2D eigenvalue weighted by Crippen LogP contribution is -2.06. The van der Waals surface area contributed by atoms with E-state index in [-0.39, 0.29) is 17.7 Å². The van der Waals surface area contributed by atoms with Crippen molar-refractivity contribution in [3.8, 4) is 0 Å². The highest BCUT2D eigenvalue weighted by molar-refractivity contribution is 5.98. The third kappa shape index (κ3) is 2.57. The van der Waals surface area contributed by atoms with Crippen molar-refractivity contribution in [1.29, 1.82) is 0 Å². The maximum Gasteiger partial charge on any atom is 0.202 e. The Kier molecular flexibility index (Phi) is 3.29. The molecule has 0 atom stereocenters. The van der Waals surface area contributed by atoms with Crippen LogP contribution in [0, 0.1) is 18.6 Å². The van der Waals surface area contributed by atoms with Gasteiger partial charge in [-0.05, 0) is 37.3 Å². The molecule has 0 spiro atoms. The van der Waals surface area contributed by atoms with Crippen molar-refractivity contribution in [3.05, 3.63) is 71.0 Å². The summed E-state index contributed by atoms with van der Waals surface area (Å²) in [4.78, 5) is 12.1. The highest BCUT2D eigenvalue weighted by atomic mass is 19.1. The molecule has 0 aliphatic carbocycles. The molecule has 2 aromatic carbocycles. The van der Waals surface area contributed by atoms with E-state index in [1.807, 2.05) is 19.1 Å². The third-order valence-electron chi connectivity index (χ3n) is 3.35. The maximum atomic E-state index is 13.6. The average Bonchev–Trinajstić information content (AvgIpc) is 2.86. The monoisotopic (exact) mass is 286 g/mol. The minimum absolute atomic E-state index is 0.109. The molecule has 0 N–H and O–H groups in total. The maximum absolute atomic E-state index is 13.6. The first kappa shape index (κ1) is 13.5. The van der Waals surface area contributed by atoms with Gasteiger partial charge in [0.15, 0.2) is 5.76 Å². The lowest BCUT2D eigenvalue weighted by atomic mass is 10.1. The van der Waals surface area contributed by atoms with Gasteiger partial charge in [-0.15, -0.1) is 0 Å². The molecule has 0 fully saturated rings. The van der Waals surface area contributed by atoms with Crippen LogP contribution >= 0.6 is 0 Å². The minimum Gasteiger partial charge on any atom is -0.453 e. The molecular formula is C17H12F2O2. The van der Waals surface area contributed by atoms with E-state index in [9.17, 15) is 13.6 Å². The molecule has 106 valence electrons. The Morgan fingerprint density at radius 3 is 2.52 bits per heavy atom. The summed E-state index contributed by atoms with van der Waals surface area (Å²) < 4.78 is 32.6. The number of benzene rings is 2. The van der Waals surface area contributed by atoms with Crippen LogP contribution in [0.25, 0.3) is 11.0 Å². The number of hydrogen-bond donors (Lipinski definition) is 0. The first-order valence-corrected chi connectivity index (χ1v) is 6.51. The number of hydrogen-bond acceptors (Lipinski definition) is 2. The van der Waals surface area contributed by atoms with Gasteiger partial charge in [-0.3, -0.25) is 4.79 Å². The van der Waals surface area contributed by atoms with Crippen LogP contribution in [0.15, 0.2) is 46.9 Å². The number of carbonyl (C=O) groups excluding carboxylic acids is 1. The minimum atomic E-state index is -0.727. The molecule has 3 aromatic rings. The number of ketones is 1. The molecule has 3 rings (SSSR count). The number of fused-ring (bicyclic) bond motifs is 1. The van der Waals surface area contributed by atoms with E-state index in [1.165, 1.54) is 6.07 Å². The second kappa shape index (κ2) is 5.13. The van der Waals surface area contributed by atoms with Crippen LogP contribution in [0.3, 0.4) is 0 Å². The van der Waals surface area contributed by atoms with Crippen molar-refractivity contribution in [3.63, 3.8) is 0 Å². The van der Waals surface area contributed by atoms with Crippen LogP contribution in [-0.2, 0) is 6.42 Å². The number of carbonyl (C=O) groups is 1. The second-order valence-corrected chi connectivity index (χ2v) is 4.95. The van der Waals surface area contributed by atoms with E-state index >= 15 is 0 Å². The summed E-state index contributed by atoms with van der Waals surface area (Å²) in [6, 6.07) is 10.7. The average molecular weight is 286 g/mol. The molecule has 2 nitrogen and oxygen atoms in total. The van der Waals surface area contributed by atoms with Gasteiger partial charge < -0.3 is 4.42 Å². The molecule has 0 amide bonds. The number of halogens is 2. The van der Waals surface area contributed by atoms with Crippen LogP contribution < -0.4 is 0 Å².